The summed E-state index contributed by atoms with van der Waals surface area (Å²) in [4.78, 5) is 62.6. The van der Waals surface area contributed by atoms with Crippen molar-refractivity contribution < 1.29 is 46.1 Å². The molecule has 0 N–H and O–H groups in total. The van der Waals surface area contributed by atoms with E-state index in [1.165, 1.54) is 29.8 Å². The molecule has 22 nitrogen and oxygen atoms in total. The van der Waals surface area contributed by atoms with Gasteiger partial charge in [0.25, 0.3) is 11.8 Å². The highest BCUT2D eigenvalue weighted by atomic mass is 35.5. The number of alkyl halides is 3. The Morgan fingerprint density at radius 1 is 0.382 bits per heavy atom. The minimum absolute atomic E-state index is 0.0613. The number of nitriles is 1. The van der Waals surface area contributed by atoms with Gasteiger partial charge in [-0.05, 0) is 156 Å². The van der Waals surface area contributed by atoms with Crippen LogP contribution in [0.1, 0.15) is 49.1 Å². The molecule has 0 bridgehead atoms. The van der Waals surface area contributed by atoms with Crippen LogP contribution in [-0.4, -0.2) is 202 Å². The van der Waals surface area contributed by atoms with Gasteiger partial charge in [0.15, 0.2) is 0 Å². The quantitative estimate of drug-likeness (QED) is 0.0693. The van der Waals surface area contributed by atoms with Crippen molar-refractivity contribution in [1.29, 1.82) is 5.26 Å². The van der Waals surface area contributed by atoms with Crippen LogP contribution in [-0.2, 0) is 35.7 Å². The van der Waals surface area contributed by atoms with Gasteiger partial charge in [-0.2, -0.15) is 5.26 Å². The molecule has 2 amide bonds. The maximum Gasteiger partial charge on any atom is 0.573 e. The first-order valence-electron chi connectivity index (χ1n) is 44.6. The Hall–Kier alpha value is -13.7. The van der Waals surface area contributed by atoms with Gasteiger partial charge in [-0.3, -0.25) is 38.6 Å². The molecule has 0 spiro atoms. The number of carbonyl (C=O) groups is 2. The number of methoxy groups -OCH3 is 1. The van der Waals surface area contributed by atoms with Crippen molar-refractivity contribution in [2.75, 3.05) is 112 Å². The molecule has 688 valence electrons. The van der Waals surface area contributed by atoms with Crippen molar-refractivity contribution >= 4 is 80.8 Å². The molecule has 4 fully saturated rings. The lowest BCUT2D eigenvalue weighted by atomic mass is 10.0. The van der Waals surface area contributed by atoms with Crippen LogP contribution in [0.15, 0.2) is 298 Å². The molecular weight excluding hydrogens is 1810 g/mol. The molecule has 136 heavy (non-hydrogen) atoms. The molecule has 0 aliphatic carbocycles. The summed E-state index contributed by atoms with van der Waals surface area (Å²) in [6.07, 6.45) is 6.57. The summed E-state index contributed by atoms with van der Waals surface area (Å²) in [7, 11) is 1.68. The Labute approximate surface area is 802 Å². The van der Waals surface area contributed by atoms with Gasteiger partial charge in [0.05, 0.1) is 96.9 Å². The number of carbonyl (C=O) groups excluding carboxylic acids is 2. The predicted molar refractivity (Wildman–Crippen MR) is 522 cm³/mol. The van der Waals surface area contributed by atoms with Crippen LogP contribution in [0, 0.1) is 17.1 Å². The number of para-hydroxylation sites is 1. The number of amides is 2. The molecule has 9 aromatic heterocycles. The van der Waals surface area contributed by atoms with Crippen LogP contribution in [0.2, 0.25) is 20.1 Å². The summed E-state index contributed by atoms with van der Waals surface area (Å²) in [5.41, 5.74) is 21.8. The van der Waals surface area contributed by atoms with E-state index in [0.29, 0.717) is 114 Å². The summed E-state index contributed by atoms with van der Waals surface area (Å²) in [5, 5.41) is 12.4. The number of nitrogens with zero attached hydrogens (tertiary/aromatic N) is 16. The normalized spacial score (nSPS) is 14.6. The van der Waals surface area contributed by atoms with Crippen LogP contribution in [0.4, 0.5) is 17.6 Å². The number of piperazine rings is 2. The predicted octanol–water partition coefficient (Wildman–Crippen LogP) is 21.5. The lowest BCUT2D eigenvalue weighted by Crippen LogP contribution is -2.48. The molecule has 0 radical (unpaired) electrons. The van der Waals surface area contributed by atoms with Crippen molar-refractivity contribution in [3.05, 3.63) is 363 Å². The zero-order chi connectivity index (χ0) is 93.8. The Morgan fingerprint density at radius 3 is 1.18 bits per heavy atom. The first-order valence-corrected chi connectivity index (χ1v) is 46.1. The standard InChI is InChI=1S/C32H25ClFN5O.C30H26ClN5O.C25H21ClF3N3O2.C19H20ClN3O2/c33-26-11-8-22(9-12-26)31-29(21-37-14-16-38(17-15-37)32(40)23-5-3-6-27(34)18-23)39-20-25(10-13-30(39)36-31)28-7-2-1-4-24(28)19-35;31-26-9-6-23(7-10-26)29-27(36-20-25(8-11-28(36)33-29)22-4-2-1-3-5-22)21-34-16-18-35(19-17-34)30(37)24-12-14-32-15-13-24;26-19-8-5-17(6-9-19)24-21(16-31-11-13-33-14-12-31)32-15-18(7-10-23(32)30-24)20-3-1-2-4-22(20)34-25(27,28)29;1-24-16-6-7-18-21-19(14-2-4-15(20)5-3-14)17(23(18)12-16)13-22-8-10-25-11-9-22/h1-13,18,20H,14-17,21H2;1-15,20H,16-19,21H2;1-10,15H,11-14,16H2;2-7,12H,8-11,13H2,1H3. The van der Waals surface area contributed by atoms with Gasteiger partial charge in [-0.15, -0.1) is 13.2 Å². The molecule has 4 saturated heterocycles. The van der Waals surface area contributed by atoms with Crippen molar-refractivity contribution in [3.8, 4) is 96.0 Å². The maximum absolute atomic E-state index is 13.7. The number of hydrogen-bond donors (Lipinski definition) is 0. The lowest BCUT2D eigenvalue weighted by Gasteiger charge is -2.34. The first kappa shape index (κ1) is 92.8. The van der Waals surface area contributed by atoms with Crippen molar-refractivity contribution in [2.45, 2.75) is 32.5 Å². The van der Waals surface area contributed by atoms with Gasteiger partial charge in [-0.25, -0.2) is 24.3 Å². The molecule has 8 aromatic carbocycles. The highest BCUT2D eigenvalue weighted by Crippen LogP contribution is 2.39. The Kier molecular flexibility index (Phi) is 29.0. The van der Waals surface area contributed by atoms with Crippen LogP contribution in [0.3, 0.4) is 0 Å². The number of morpholine rings is 2. The molecule has 4 aliphatic rings. The number of rotatable bonds is 19. The van der Waals surface area contributed by atoms with Crippen molar-refractivity contribution in [3.63, 3.8) is 0 Å². The average Bonchev–Trinajstić information content (AvgIpc) is 1.62. The van der Waals surface area contributed by atoms with E-state index in [9.17, 15) is 32.4 Å². The molecule has 13 heterocycles. The molecule has 0 saturated carbocycles. The van der Waals surface area contributed by atoms with E-state index in [0.717, 1.165) is 178 Å². The second-order valence-corrected chi connectivity index (χ2v) is 34.9. The first-order chi connectivity index (χ1) is 66.3. The molecule has 21 rings (SSSR count). The summed E-state index contributed by atoms with van der Waals surface area (Å²) < 4.78 is 81.6. The van der Waals surface area contributed by atoms with Crippen LogP contribution in [0.5, 0.6) is 11.5 Å². The Morgan fingerprint density at radius 2 is 0.750 bits per heavy atom. The Bertz CT molecular complexity index is 7120. The summed E-state index contributed by atoms with van der Waals surface area (Å²) in [6.45, 7) is 14.5. The monoisotopic (exact) mass is 1900 g/mol. The molecular formula is C106H92Cl4F4N16O6. The summed E-state index contributed by atoms with van der Waals surface area (Å²) in [5.74, 6) is 0.0595. The third-order valence-corrected chi connectivity index (χ3v) is 25.5. The molecule has 17 aromatic rings. The number of halogens is 8. The highest BCUT2D eigenvalue weighted by Gasteiger charge is 2.34. The number of ether oxygens (including phenoxy) is 4. The van der Waals surface area contributed by atoms with Crippen LogP contribution in [0.25, 0.3) is 101 Å². The van der Waals surface area contributed by atoms with Gasteiger partial charge >= 0.3 is 6.36 Å². The topological polar surface area (TPSA) is 196 Å². The van der Waals surface area contributed by atoms with E-state index in [1.54, 1.807) is 66.9 Å². The zero-order valence-electron chi connectivity index (χ0n) is 74.1. The zero-order valence-corrected chi connectivity index (χ0v) is 77.1. The van der Waals surface area contributed by atoms with E-state index in [1.807, 2.05) is 186 Å². The molecule has 30 heteroatoms. The second-order valence-electron chi connectivity index (χ2n) is 33.1. The third-order valence-electron chi connectivity index (χ3n) is 24.5. The average molecular weight is 1900 g/mol. The van der Waals surface area contributed by atoms with Crippen LogP contribution >= 0.6 is 46.4 Å². The van der Waals surface area contributed by atoms with Gasteiger partial charge in [-0.1, -0.05) is 168 Å². The fourth-order valence-corrected chi connectivity index (χ4v) is 17.9. The highest BCUT2D eigenvalue weighted by molar-refractivity contribution is 6.31. The SMILES string of the molecule is COc1ccc2nc(-c3ccc(Cl)cc3)c(CN3CCOCC3)n2c1.FC(F)(F)Oc1ccccc1-c1ccc2nc(-c3ccc(Cl)cc3)c(CN3CCOCC3)n2c1.N#Cc1ccccc1-c1ccc2nc(-c3ccc(Cl)cc3)c(CN3CCN(C(=O)c4cccc(F)c4)CC3)n2c1.O=C(c1ccncc1)N1CCN(Cc2c(-c3ccc(Cl)cc3)nc3ccc(-c4ccccc4)cn23)CC1. The smallest absolute Gasteiger partial charge is 0.495 e. The minimum atomic E-state index is -4.78. The van der Waals surface area contributed by atoms with Gasteiger partial charge in [0.2, 0.25) is 0 Å². The van der Waals surface area contributed by atoms with E-state index in [2.05, 4.69) is 91.2 Å². The number of pyridine rings is 5. The van der Waals surface area contributed by atoms with E-state index in [-0.39, 0.29) is 17.6 Å². The molecule has 0 atom stereocenters. The second kappa shape index (κ2) is 42.5. The fourth-order valence-electron chi connectivity index (χ4n) is 17.4. The fraction of sp³-hybridized carbons (Fsp3) is 0.208. The number of aromatic nitrogens is 9. The van der Waals surface area contributed by atoms with Gasteiger partial charge in [0, 0.05) is 206 Å². The summed E-state index contributed by atoms with van der Waals surface area (Å²) >= 11 is 24.5. The van der Waals surface area contributed by atoms with E-state index in [4.69, 9.17) is 80.6 Å². The number of hydrogen-bond acceptors (Lipinski definition) is 16. The minimum Gasteiger partial charge on any atom is -0.495 e. The van der Waals surface area contributed by atoms with Gasteiger partial charge in [0.1, 0.15) is 39.9 Å². The summed E-state index contributed by atoms with van der Waals surface area (Å²) in [6, 6.07) is 82.2. The van der Waals surface area contributed by atoms with Gasteiger partial charge < -0.3 is 41.9 Å². The lowest BCUT2D eigenvalue weighted by molar-refractivity contribution is -0.274. The Balaban J connectivity index is 0.000000122. The van der Waals surface area contributed by atoms with Crippen molar-refractivity contribution in [2.24, 2.45) is 0 Å². The van der Waals surface area contributed by atoms with Crippen molar-refractivity contribution in [1.82, 2.24) is 71.9 Å². The van der Waals surface area contributed by atoms with E-state index < -0.39 is 12.2 Å². The number of imidazole rings is 4. The number of benzene rings is 8. The third kappa shape index (κ3) is 22.0. The maximum atomic E-state index is 13.7. The van der Waals surface area contributed by atoms with E-state index >= 15 is 0 Å². The number of fused-ring (bicyclic) bond motifs is 4. The molecule has 0 unspecified atom stereocenters. The molecule has 4 aliphatic heterocycles. The van der Waals surface area contributed by atoms with Crippen LogP contribution < -0.4 is 9.47 Å². The largest absolute Gasteiger partial charge is 0.573 e.